The number of likely N-dealkylation sites (tertiary alicyclic amines) is 1. The number of carbonyl (C=O) groups excluding carboxylic acids is 1. The summed E-state index contributed by atoms with van der Waals surface area (Å²) in [5.74, 6) is -0.0379. The maximum Gasteiger partial charge on any atom is 0.285 e. The molecule has 24 heavy (non-hydrogen) atoms. The lowest BCUT2D eigenvalue weighted by molar-refractivity contribution is 0.0746. The summed E-state index contributed by atoms with van der Waals surface area (Å²) in [5.41, 5.74) is 1.65. The summed E-state index contributed by atoms with van der Waals surface area (Å²) in [5, 5.41) is 13.1. The summed E-state index contributed by atoms with van der Waals surface area (Å²) in [4.78, 5) is 18.6. The molecule has 1 saturated heterocycles. The maximum absolute atomic E-state index is 12.6. The lowest BCUT2D eigenvalue weighted by atomic mass is 10.2. The molecule has 1 amide bonds. The van der Waals surface area contributed by atoms with Crippen LogP contribution in [-0.2, 0) is 0 Å². The fraction of sp³-hybridized carbons (Fsp3) is 0.500. The molecule has 0 aromatic carbocycles. The van der Waals surface area contributed by atoms with E-state index >= 15 is 0 Å². The van der Waals surface area contributed by atoms with Gasteiger partial charge in [-0.05, 0) is 39.7 Å². The molecule has 0 spiro atoms. The van der Waals surface area contributed by atoms with E-state index in [0.717, 1.165) is 30.6 Å². The first kappa shape index (κ1) is 17.1. The number of hydrogen-bond acceptors (Lipinski definition) is 6. The Morgan fingerprint density at radius 3 is 2.92 bits per heavy atom. The van der Waals surface area contributed by atoms with Crippen LogP contribution in [0, 0.1) is 0 Å². The normalized spacial score (nSPS) is 17.5. The predicted octanol–water partition coefficient (Wildman–Crippen LogP) is 3.70. The lowest BCUT2D eigenvalue weighted by Gasteiger charge is -2.19. The third-order valence-corrected chi connectivity index (χ3v) is 5.12. The van der Waals surface area contributed by atoms with Crippen LogP contribution >= 0.6 is 22.9 Å². The van der Waals surface area contributed by atoms with E-state index in [1.54, 1.807) is 12.3 Å². The second-order valence-electron chi connectivity index (χ2n) is 6.25. The number of rotatable bonds is 4. The number of amides is 1. The highest BCUT2D eigenvalue weighted by atomic mass is 35.5. The molecule has 1 atom stereocenters. The Bertz CT molecular complexity index is 748. The summed E-state index contributed by atoms with van der Waals surface area (Å²) in [6, 6.07) is 2.27. The van der Waals surface area contributed by atoms with E-state index < -0.39 is 0 Å². The Labute approximate surface area is 150 Å². The van der Waals surface area contributed by atoms with Gasteiger partial charge in [-0.15, -0.1) is 10.2 Å². The van der Waals surface area contributed by atoms with Crippen molar-refractivity contribution in [2.24, 2.45) is 0 Å². The Balaban J connectivity index is 1.89. The van der Waals surface area contributed by atoms with Gasteiger partial charge in [0.25, 0.3) is 5.91 Å². The van der Waals surface area contributed by atoms with Crippen LogP contribution in [0.3, 0.4) is 0 Å². The van der Waals surface area contributed by atoms with E-state index in [1.165, 1.54) is 11.3 Å². The minimum absolute atomic E-state index is 0.0379. The van der Waals surface area contributed by atoms with E-state index in [9.17, 15) is 4.79 Å². The summed E-state index contributed by atoms with van der Waals surface area (Å²) < 4.78 is 0. The highest BCUT2D eigenvalue weighted by Crippen LogP contribution is 2.32. The molecular formula is C16H20ClN5OS. The van der Waals surface area contributed by atoms with Gasteiger partial charge in [0.1, 0.15) is 5.15 Å². The Morgan fingerprint density at radius 2 is 2.25 bits per heavy atom. The maximum atomic E-state index is 12.6. The van der Waals surface area contributed by atoms with Crippen molar-refractivity contribution < 1.29 is 4.79 Å². The second-order valence-corrected chi connectivity index (χ2v) is 7.62. The first-order valence-electron chi connectivity index (χ1n) is 8.02. The van der Waals surface area contributed by atoms with Gasteiger partial charge in [0.15, 0.2) is 5.01 Å². The lowest BCUT2D eigenvalue weighted by Crippen LogP contribution is -2.33. The van der Waals surface area contributed by atoms with Crippen molar-refractivity contribution in [1.29, 1.82) is 0 Å². The second kappa shape index (κ2) is 7.03. The van der Waals surface area contributed by atoms with Crippen molar-refractivity contribution in [3.63, 3.8) is 0 Å². The molecule has 0 bridgehead atoms. The van der Waals surface area contributed by atoms with Gasteiger partial charge in [-0.25, -0.2) is 4.98 Å². The molecule has 0 aliphatic carbocycles. The topological polar surface area (TPSA) is 71.0 Å². The molecule has 2 aromatic rings. The van der Waals surface area contributed by atoms with Crippen LogP contribution in [0.4, 0.5) is 5.69 Å². The average molecular weight is 366 g/mol. The van der Waals surface area contributed by atoms with Gasteiger partial charge < -0.3 is 10.2 Å². The van der Waals surface area contributed by atoms with Gasteiger partial charge >= 0.3 is 0 Å². The van der Waals surface area contributed by atoms with Gasteiger partial charge in [0.2, 0.25) is 5.01 Å². The van der Waals surface area contributed by atoms with Crippen LogP contribution < -0.4 is 5.32 Å². The van der Waals surface area contributed by atoms with E-state index in [0.29, 0.717) is 15.2 Å². The highest BCUT2D eigenvalue weighted by Gasteiger charge is 2.28. The standard InChI is InChI=1S/C16H20ClN5OS/c1-9(2)19-12-7-13(17)18-8-11(12)14-20-21-15(24-14)16(23)22-6-4-5-10(22)3/h7-10H,4-6H2,1-3H3,(H,18,19)/t10-/m1/s1. The van der Waals surface area contributed by atoms with Gasteiger partial charge in [0, 0.05) is 30.5 Å². The Morgan fingerprint density at radius 1 is 1.46 bits per heavy atom. The highest BCUT2D eigenvalue weighted by molar-refractivity contribution is 7.16. The number of pyridine rings is 1. The van der Waals surface area contributed by atoms with E-state index in [2.05, 4.69) is 27.4 Å². The average Bonchev–Trinajstić information content (AvgIpc) is 3.15. The van der Waals surface area contributed by atoms with Gasteiger partial charge in [-0.3, -0.25) is 4.79 Å². The zero-order valence-corrected chi connectivity index (χ0v) is 15.5. The largest absolute Gasteiger partial charge is 0.382 e. The SMILES string of the molecule is CC(C)Nc1cc(Cl)ncc1-c1nnc(C(=O)N2CCC[C@H]2C)s1. The number of nitrogens with zero attached hydrogens (tertiary/aromatic N) is 4. The minimum Gasteiger partial charge on any atom is -0.382 e. The van der Waals surface area contributed by atoms with Gasteiger partial charge in [0.05, 0.1) is 5.56 Å². The van der Waals surface area contributed by atoms with Crippen molar-refractivity contribution in [2.45, 2.75) is 45.7 Å². The van der Waals surface area contributed by atoms with Gasteiger partial charge in [-0.1, -0.05) is 22.9 Å². The van der Waals surface area contributed by atoms with E-state index in [-0.39, 0.29) is 18.0 Å². The molecule has 128 valence electrons. The molecule has 0 radical (unpaired) electrons. The Hall–Kier alpha value is -1.73. The number of hydrogen-bond donors (Lipinski definition) is 1. The molecule has 1 N–H and O–H groups in total. The zero-order valence-electron chi connectivity index (χ0n) is 13.9. The Kier molecular flexibility index (Phi) is 5.01. The quantitative estimate of drug-likeness (QED) is 0.836. The monoisotopic (exact) mass is 365 g/mol. The van der Waals surface area contributed by atoms with Crippen molar-refractivity contribution in [3.05, 3.63) is 22.4 Å². The molecular weight excluding hydrogens is 346 g/mol. The molecule has 0 saturated carbocycles. The van der Waals surface area contributed by atoms with Gasteiger partial charge in [-0.2, -0.15) is 0 Å². The smallest absolute Gasteiger partial charge is 0.285 e. The summed E-state index contributed by atoms with van der Waals surface area (Å²) in [6.07, 6.45) is 3.75. The summed E-state index contributed by atoms with van der Waals surface area (Å²) in [6.45, 7) is 6.95. The first-order chi connectivity index (χ1) is 11.5. The van der Waals surface area contributed by atoms with Crippen LogP contribution in [0.2, 0.25) is 5.15 Å². The molecule has 1 aliphatic rings. The zero-order chi connectivity index (χ0) is 17.3. The van der Waals surface area contributed by atoms with Crippen LogP contribution in [0.5, 0.6) is 0 Å². The van der Waals surface area contributed by atoms with Crippen molar-refractivity contribution in [1.82, 2.24) is 20.1 Å². The van der Waals surface area contributed by atoms with Crippen LogP contribution in [-0.4, -0.2) is 44.6 Å². The molecule has 6 nitrogen and oxygen atoms in total. The number of halogens is 1. The molecule has 1 aliphatic heterocycles. The van der Waals surface area contributed by atoms with Crippen LogP contribution in [0.1, 0.15) is 43.4 Å². The molecule has 2 aromatic heterocycles. The minimum atomic E-state index is -0.0379. The van der Waals surface area contributed by atoms with Crippen molar-refractivity contribution >= 4 is 34.5 Å². The van der Waals surface area contributed by atoms with Crippen molar-refractivity contribution in [2.75, 3.05) is 11.9 Å². The summed E-state index contributed by atoms with van der Waals surface area (Å²) >= 11 is 7.29. The number of nitrogens with one attached hydrogen (secondary N) is 1. The number of anilines is 1. The fourth-order valence-electron chi connectivity index (χ4n) is 2.81. The number of aromatic nitrogens is 3. The van der Waals surface area contributed by atoms with E-state index in [1.807, 2.05) is 18.7 Å². The van der Waals surface area contributed by atoms with Crippen molar-refractivity contribution in [3.8, 4) is 10.6 Å². The third-order valence-electron chi connectivity index (χ3n) is 3.97. The fourth-order valence-corrected chi connectivity index (χ4v) is 3.79. The number of carbonyl (C=O) groups is 1. The summed E-state index contributed by atoms with van der Waals surface area (Å²) in [7, 11) is 0. The third kappa shape index (κ3) is 3.52. The molecule has 1 fully saturated rings. The van der Waals surface area contributed by atoms with E-state index in [4.69, 9.17) is 11.6 Å². The predicted molar refractivity (Wildman–Crippen MR) is 96.6 cm³/mol. The molecule has 3 rings (SSSR count). The molecule has 0 unspecified atom stereocenters. The van der Waals surface area contributed by atoms with Crippen LogP contribution in [0.25, 0.3) is 10.6 Å². The molecule has 3 heterocycles. The molecule has 8 heteroatoms. The van der Waals surface area contributed by atoms with Crippen LogP contribution in [0.15, 0.2) is 12.3 Å². The first-order valence-corrected chi connectivity index (χ1v) is 9.22.